The summed E-state index contributed by atoms with van der Waals surface area (Å²) in [5.41, 5.74) is 2.27. The van der Waals surface area contributed by atoms with Gasteiger partial charge in [-0.2, -0.15) is 0 Å². The molecule has 24 heavy (non-hydrogen) atoms. The summed E-state index contributed by atoms with van der Waals surface area (Å²) in [5.74, 6) is -0.387. The normalized spacial score (nSPS) is 15.3. The van der Waals surface area contributed by atoms with E-state index >= 15 is 0 Å². The molecule has 2 N–H and O–H groups in total. The van der Waals surface area contributed by atoms with Crippen molar-refractivity contribution in [1.29, 1.82) is 0 Å². The number of carbonyl (C=O) groups is 1. The molecule has 2 heterocycles. The first-order valence-electron chi connectivity index (χ1n) is 8.08. The van der Waals surface area contributed by atoms with E-state index in [0.717, 1.165) is 31.9 Å². The van der Waals surface area contributed by atoms with Gasteiger partial charge in [-0.1, -0.05) is 0 Å². The minimum absolute atomic E-state index is 0.153. The second-order valence-corrected chi connectivity index (χ2v) is 6.16. The van der Waals surface area contributed by atoms with Crippen molar-refractivity contribution in [3.63, 3.8) is 0 Å². The summed E-state index contributed by atoms with van der Waals surface area (Å²) in [4.78, 5) is 31.3. The Bertz CT molecular complexity index is 774. The predicted molar refractivity (Wildman–Crippen MR) is 95.9 cm³/mol. The van der Waals surface area contributed by atoms with Gasteiger partial charge in [-0.05, 0) is 49.9 Å². The van der Waals surface area contributed by atoms with E-state index in [0.29, 0.717) is 11.3 Å². The maximum absolute atomic E-state index is 12.3. The fourth-order valence-corrected chi connectivity index (χ4v) is 2.87. The van der Waals surface area contributed by atoms with Crippen LogP contribution in [0.15, 0.2) is 41.3 Å². The van der Waals surface area contributed by atoms with Gasteiger partial charge in [0, 0.05) is 43.8 Å². The molecule has 0 radical (unpaired) electrons. The van der Waals surface area contributed by atoms with Crippen molar-refractivity contribution in [2.75, 3.05) is 43.4 Å². The zero-order valence-electron chi connectivity index (χ0n) is 14.0. The Morgan fingerprint density at radius 1 is 1.08 bits per heavy atom. The number of H-pyrrole nitrogens is 1. The number of likely N-dealkylation sites (N-methyl/N-ethyl adjacent to an activating group) is 1. The standard InChI is InChI=1S/C18H22N4O2/c1-13-7-8-19-17(23)16(13)18(24)20-14-3-5-15(6-4-14)22-11-9-21(2)10-12-22/h3-8H,9-12H2,1-2H3,(H,19,23)(H,20,24). The second kappa shape index (κ2) is 6.88. The quantitative estimate of drug-likeness (QED) is 0.901. The third-order valence-electron chi connectivity index (χ3n) is 4.39. The number of piperazine rings is 1. The molecule has 1 aliphatic rings. The molecule has 1 fully saturated rings. The number of nitrogens with one attached hydrogen (secondary N) is 2. The van der Waals surface area contributed by atoms with Crippen LogP contribution in [0.5, 0.6) is 0 Å². The summed E-state index contributed by atoms with van der Waals surface area (Å²) in [6, 6.07) is 9.47. The van der Waals surface area contributed by atoms with Gasteiger partial charge in [0.15, 0.2) is 0 Å². The first-order chi connectivity index (χ1) is 11.5. The maximum atomic E-state index is 12.3. The van der Waals surface area contributed by atoms with E-state index in [1.807, 2.05) is 24.3 Å². The number of pyridine rings is 1. The molecule has 126 valence electrons. The van der Waals surface area contributed by atoms with Gasteiger partial charge in [0.2, 0.25) is 0 Å². The fourth-order valence-electron chi connectivity index (χ4n) is 2.87. The lowest BCUT2D eigenvalue weighted by atomic mass is 10.1. The van der Waals surface area contributed by atoms with E-state index in [1.54, 1.807) is 19.2 Å². The van der Waals surface area contributed by atoms with Gasteiger partial charge in [-0.15, -0.1) is 0 Å². The zero-order valence-corrected chi connectivity index (χ0v) is 14.0. The molecule has 3 rings (SSSR count). The van der Waals surface area contributed by atoms with Crippen molar-refractivity contribution < 1.29 is 4.79 Å². The van der Waals surface area contributed by atoms with Crippen molar-refractivity contribution >= 4 is 17.3 Å². The van der Waals surface area contributed by atoms with Crippen LogP contribution in [0.2, 0.25) is 0 Å². The summed E-state index contributed by atoms with van der Waals surface area (Å²) in [7, 11) is 2.13. The van der Waals surface area contributed by atoms with Crippen molar-refractivity contribution in [2.24, 2.45) is 0 Å². The van der Waals surface area contributed by atoms with Gasteiger partial charge in [-0.25, -0.2) is 0 Å². The third-order valence-corrected chi connectivity index (χ3v) is 4.39. The molecule has 0 aliphatic carbocycles. The number of hydrogen-bond donors (Lipinski definition) is 2. The van der Waals surface area contributed by atoms with E-state index in [1.165, 1.54) is 0 Å². The highest BCUT2D eigenvalue weighted by Crippen LogP contribution is 2.19. The largest absolute Gasteiger partial charge is 0.369 e. The van der Waals surface area contributed by atoms with E-state index < -0.39 is 0 Å². The molecule has 1 amide bonds. The van der Waals surface area contributed by atoms with Crippen LogP contribution < -0.4 is 15.8 Å². The Morgan fingerprint density at radius 2 is 1.75 bits per heavy atom. The van der Waals surface area contributed by atoms with Crippen LogP contribution in [-0.4, -0.2) is 49.0 Å². The first kappa shape index (κ1) is 16.3. The van der Waals surface area contributed by atoms with Crippen LogP contribution in [-0.2, 0) is 0 Å². The van der Waals surface area contributed by atoms with E-state index in [2.05, 4.69) is 27.1 Å². The molecule has 6 nitrogen and oxygen atoms in total. The highest BCUT2D eigenvalue weighted by molar-refractivity contribution is 6.05. The van der Waals surface area contributed by atoms with Crippen LogP contribution in [0.1, 0.15) is 15.9 Å². The number of rotatable bonds is 3. The number of hydrogen-bond acceptors (Lipinski definition) is 4. The van der Waals surface area contributed by atoms with Gasteiger partial charge in [0.05, 0.1) is 0 Å². The first-order valence-corrected chi connectivity index (χ1v) is 8.08. The second-order valence-electron chi connectivity index (χ2n) is 6.16. The number of aromatic amines is 1. The minimum Gasteiger partial charge on any atom is -0.369 e. The predicted octanol–water partition coefficient (Wildman–Crippen LogP) is 1.69. The van der Waals surface area contributed by atoms with Crippen molar-refractivity contribution in [3.05, 3.63) is 58.0 Å². The SMILES string of the molecule is Cc1cc[nH]c(=O)c1C(=O)Nc1ccc(N2CCN(C)CC2)cc1. The van der Waals surface area contributed by atoms with E-state index in [-0.39, 0.29) is 17.0 Å². The minimum atomic E-state index is -0.387. The number of amides is 1. The Kier molecular flexibility index (Phi) is 4.66. The number of benzene rings is 1. The smallest absolute Gasteiger partial charge is 0.261 e. The molecular formula is C18H22N4O2. The number of carbonyl (C=O) groups excluding carboxylic acids is 1. The highest BCUT2D eigenvalue weighted by Gasteiger charge is 2.15. The molecule has 0 unspecified atom stereocenters. The molecule has 0 atom stereocenters. The number of aromatic nitrogens is 1. The van der Waals surface area contributed by atoms with Crippen molar-refractivity contribution in [2.45, 2.75) is 6.92 Å². The number of aryl methyl sites for hydroxylation is 1. The molecule has 6 heteroatoms. The van der Waals surface area contributed by atoms with Crippen LogP contribution in [0.3, 0.4) is 0 Å². The lowest BCUT2D eigenvalue weighted by molar-refractivity contribution is 0.102. The topological polar surface area (TPSA) is 68.4 Å². The average molecular weight is 326 g/mol. The molecule has 1 saturated heterocycles. The monoisotopic (exact) mass is 326 g/mol. The molecule has 1 aliphatic heterocycles. The van der Waals surface area contributed by atoms with E-state index in [4.69, 9.17) is 0 Å². The lowest BCUT2D eigenvalue weighted by Crippen LogP contribution is -2.44. The maximum Gasteiger partial charge on any atom is 0.261 e. The Balaban J connectivity index is 1.70. The molecule has 0 saturated carbocycles. The summed E-state index contributed by atoms with van der Waals surface area (Å²) in [6.07, 6.45) is 1.54. The van der Waals surface area contributed by atoms with Crippen molar-refractivity contribution in [1.82, 2.24) is 9.88 Å². The Morgan fingerprint density at radius 3 is 2.38 bits per heavy atom. The summed E-state index contributed by atoms with van der Waals surface area (Å²) < 4.78 is 0. The lowest BCUT2D eigenvalue weighted by Gasteiger charge is -2.34. The van der Waals surface area contributed by atoms with Crippen molar-refractivity contribution in [3.8, 4) is 0 Å². The Hall–Kier alpha value is -2.60. The van der Waals surface area contributed by atoms with E-state index in [9.17, 15) is 9.59 Å². The van der Waals surface area contributed by atoms with Crippen LogP contribution in [0, 0.1) is 6.92 Å². The summed E-state index contributed by atoms with van der Waals surface area (Å²) in [5, 5.41) is 2.79. The van der Waals surface area contributed by atoms with Gasteiger partial charge in [0.1, 0.15) is 5.56 Å². The van der Waals surface area contributed by atoms with Gasteiger partial charge in [0.25, 0.3) is 11.5 Å². The van der Waals surface area contributed by atoms with Gasteiger partial charge >= 0.3 is 0 Å². The number of anilines is 2. The molecular weight excluding hydrogens is 304 g/mol. The summed E-state index contributed by atoms with van der Waals surface area (Å²) in [6.45, 7) is 5.85. The molecule has 0 spiro atoms. The summed E-state index contributed by atoms with van der Waals surface area (Å²) >= 11 is 0. The number of nitrogens with zero attached hydrogens (tertiary/aromatic N) is 2. The van der Waals surface area contributed by atoms with Crippen LogP contribution in [0.4, 0.5) is 11.4 Å². The molecule has 2 aromatic rings. The highest BCUT2D eigenvalue weighted by atomic mass is 16.2. The van der Waals surface area contributed by atoms with Crippen LogP contribution in [0.25, 0.3) is 0 Å². The van der Waals surface area contributed by atoms with Crippen LogP contribution >= 0.6 is 0 Å². The molecule has 1 aromatic carbocycles. The third kappa shape index (κ3) is 3.49. The van der Waals surface area contributed by atoms with Gasteiger partial charge < -0.3 is 20.1 Å². The molecule has 0 bridgehead atoms. The zero-order chi connectivity index (χ0) is 17.1. The molecule has 1 aromatic heterocycles. The van der Waals surface area contributed by atoms with Gasteiger partial charge in [-0.3, -0.25) is 9.59 Å². The average Bonchev–Trinajstić information content (AvgIpc) is 2.56. The fraction of sp³-hybridized carbons (Fsp3) is 0.333. The Labute approximate surface area is 141 Å².